The Kier molecular flexibility index (Phi) is 15.2. The van der Waals surface area contributed by atoms with E-state index in [0.717, 1.165) is 17.7 Å². The Labute approximate surface area is 385 Å². The lowest BCUT2D eigenvalue weighted by Gasteiger charge is -2.41. The van der Waals surface area contributed by atoms with Gasteiger partial charge in [0.15, 0.2) is 52.1 Å². The molecule has 4 aromatic rings. The highest BCUT2D eigenvalue weighted by atomic mass is 16.7. The van der Waals surface area contributed by atoms with Crippen LogP contribution in [-0.2, 0) is 33.3 Å². The van der Waals surface area contributed by atoms with Crippen molar-refractivity contribution in [3.05, 3.63) is 95.1 Å². The van der Waals surface area contributed by atoms with Gasteiger partial charge in [-0.05, 0) is 82.9 Å². The van der Waals surface area contributed by atoms with Crippen LogP contribution in [0, 0.1) is 11.8 Å². The summed E-state index contributed by atoms with van der Waals surface area (Å²) < 4.78 is 68.6. The molecule has 0 amide bonds. The van der Waals surface area contributed by atoms with Crippen LogP contribution in [-0.4, -0.2) is 131 Å². The Morgan fingerprint density at radius 2 is 1.07 bits per heavy atom. The van der Waals surface area contributed by atoms with Gasteiger partial charge in [-0.3, -0.25) is 0 Å². The first-order valence-corrected chi connectivity index (χ1v) is 20.9. The zero-order valence-electron chi connectivity index (χ0n) is 37.4. The molecule has 9 atom stereocenters. The molecule has 7 rings (SSSR count). The summed E-state index contributed by atoms with van der Waals surface area (Å²) in [6.45, 7) is 0.0909. The van der Waals surface area contributed by atoms with Gasteiger partial charge < -0.3 is 82.4 Å². The average molecular weight is 933 g/mol. The van der Waals surface area contributed by atoms with E-state index in [4.69, 9.17) is 56.8 Å². The summed E-state index contributed by atoms with van der Waals surface area (Å²) in [7, 11) is 8.45. The third kappa shape index (κ3) is 10.4. The minimum Gasteiger partial charge on any atom is -0.504 e. The van der Waals surface area contributed by atoms with Crippen LogP contribution in [0.3, 0.4) is 0 Å². The molecule has 5 N–H and O–H groups in total. The van der Waals surface area contributed by atoms with Crippen molar-refractivity contribution in [2.24, 2.45) is 11.8 Å². The molecule has 0 aliphatic carbocycles. The van der Waals surface area contributed by atoms with E-state index in [2.05, 4.69) is 0 Å². The zero-order chi connectivity index (χ0) is 47.9. The Balaban J connectivity index is 1.10. The maximum absolute atomic E-state index is 13.2. The van der Waals surface area contributed by atoms with Crippen molar-refractivity contribution in [2.75, 3.05) is 62.5 Å². The Bertz CT molecular complexity index is 2420. The molecule has 67 heavy (non-hydrogen) atoms. The summed E-state index contributed by atoms with van der Waals surface area (Å²) in [6, 6.07) is 15.6. The average Bonchev–Trinajstić information content (AvgIpc) is 3.96. The number of hydrogen-bond acceptors (Lipinski definition) is 19. The molecule has 3 saturated heterocycles. The number of fused-ring (bicyclic) bond motifs is 1. The fraction of sp³-hybridized carbons (Fsp3) is 0.375. The molecule has 3 aliphatic heterocycles. The minimum absolute atomic E-state index is 0.0194. The van der Waals surface area contributed by atoms with Gasteiger partial charge in [0.25, 0.3) is 0 Å². The van der Waals surface area contributed by atoms with E-state index in [1.54, 1.807) is 30.3 Å². The van der Waals surface area contributed by atoms with Crippen molar-refractivity contribution in [1.29, 1.82) is 0 Å². The van der Waals surface area contributed by atoms with Crippen molar-refractivity contribution in [3.8, 4) is 57.5 Å². The molecule has 358 valence electrons. The van der Waals surface area contributed by atoms with Crippen LogP contribution in [0.4, 0.5) is 0 Å². The fourth-order valence-electron chi connectivity index (χ4n) is 8.20. The smallest absolute Gasteiger partial charge is 0.331 e. The van der Waals surface area contributed by atoms with Crippen molar-refractivity contribution in [3.63, 3.8) is 0 Å². The highest BCUT2D eigenvalue weighted by Crippen LogP contribution is 2.54. The molecule has 0 aromatic heterocycles. The number of carbonyl (C=O) groups is 2. The van der Waals surface area contributed by atoms with Crippen LogP contribution in [0.15, 0.2) is 72.8 Å². The first-order chi connectivity index (χ1) is 32.3. The van der Waals surface area contributed by atoms with Gasteiger partial charge in [-0.15, -0.1) is 0 Å². The number of aliphatic hydroxyl groups excluding tert-OH is 2. The van der Waals surface area contributed by atoms with Gasteiger partial charge in [-0.25, -0.2) is 9.59 Å². The summed E-state index contributed by atoms with van der Waals surface area (Å²) in [5.74, 6) is -1.22. The maximum Gasteiger partial charge on any atom is 0.331 e. The summed E-state index contributed by atoms with van der Waals surface area (Å²) in [4.78, 5) is 26.2. The number of carbonyl (C=O) groups excluding carboxylic acids is 2. The molecule has 0 unspecified atom stereocenters. The summed E-state index contributed by atoms with van der Waals surface area (Å²) in [5.41, 5.74) is 2.38. The number of phenolic OH excluding ortho intramolecular Hbond substituents is 3. The highest BCUT2D eigenvalue weighted by molar-refractivity contribution is 5.88. The van der Waals surface area contributed by atoms with Crippen LogP contribution >= 0.6 is 0 Å². The van der Waals surface area contributed by atoms with Crippen LogP contribution in [0.5, 0.6) is 57.5 Å². The minimum atomic E-state index is -1.85. The topological polar surface area (TPSA) is 246 Å². The van der Waals surface area contributed by atoms with E-state index in [1.165, 1.54) is 85.1 Å². The maximum atomic E-state index is 13.2. The standard InChI is InChI=1S/C48H52O19/c1-56-32-15-24(7-11-30(32)49)9-13-39(51)62-23-38-47(66-40(52)14-10-25-8-12-31(50)33(16-25)57-2)42(54)43(55)48(65-38)67-46-36(60-5)19-27(20-37(46)61-6)45-29-22-63-44(28(29)21-64-45)26-17-34(58-3)41(53)35(18-26)59-4/h7-20,28-29,38,42-45,47-50,53-55H,21-23H2,1-6H3/b13-9+,14-10+/t28-,29-,38-,42-,43-,44+,45+,47-,48+/m1/s1. The van der Waals surface area contributed by atoms with Crippen molar-refractivity contribution < 1.29 is 92.0 Å². The van der Waals surface area contributed by atoms with Gasteiger partial charge >= 0.3 is 11.9 Å². The molecule has 0 radical (unpaired) electrons. The SMILES string of the molecule is COc1cc(/C=C/C(=O)OC[C@H]2O[C@@H](Oc3c(OC)cc([C@@H]4OC[C@@H]5[C@H]4CO[C@H]5c4cc(OC)c(O)c(OC)c4)cc3OC)[C@H](O)[C@@H](O)[C@@H]2OC(=O)/C=C/c2ccc(O)c(OC)c2)ccc1O. The molecule has 3 heterocycles. The highest BCUT2D eigenvalue weighted by Gasteiger charge is 2.50. The molecular formula is C48H52O19. The van der Waals surface area contributed by atoms with Crippen LogP contribution in [0.1, 0.15) is 34.5 Å². The molecule has 4 aromatic carbocycles. The number of rotatable bonds is 17. The number of hydrogen-bond donors (Lipinski definition) is 5. The van der Waals surface area contributed by atoms with Crippen LogP contribution < -0.4 is 33.2 Å². The number of aromatic hydroxyl groups is 3. The Morgan fingerprint density at radius 1 is 0.612 bits per heavy atom. The number of phenols is 3. The summed E-state index contributed by atoms with van der Waals surface area (Å²) in [5, 5.41) is 53.3. The third-order valence-corrected chi connectivity index (χ3v) is 11.7. The van der Waals surface area contributed by atoms with E-state index in [-0.39, 0.29) is 69.3 Å². The molecule has 19 heteroatoms. The van der Waals surface area contributed by atoms with E-state index < -0.39 is 61.5 Å². The largest absolute Gasteiger partial charge is 0.504 e. The van der Waals surface area contributed by atoms with Gasteiger partial charge in [0.1, 0.15) is 24.9 Å². The van der Waals surface area contributed by atoms with Gasteiger partial charge in [-0.2, -0.15) is 0 Å². The predicted octanol–water partition coefficient (Wildman–Crippen LogP) is 4.64. The second kappa shape index (κ2) is 21.2. The first kappa shape index (κ1) is 48.0. The second-order valence-corrected chi connectivity index (χ2v) is 15.6. The van der Waals surface area contributed by atoms with E-state index >= 15 is 0 Å². The summed E-state index contributed by atoms with van der Waals surface area (Å²) in [6.07, 6.45) is -4.29. The van der Waals surface area contributed by atoms with Crippen molar-refractivity contribution in [1.82, 2.24) is 0 Å². The molecular weight excluding hydrogens is 881 g/mol. The van der Waals surface area contributed by atoms with Crippen molar-refractivity contribution >= 4 is 24.1 Å². The Hall–Kier alpha value is -6.90. The molecule has 3 aliphatic rings. The number of benzene rings is 4. The van der Waals surface area contributed by atoms with E-state index in [9.17, 15) is 35.1 Å². The lowest BCUT2D eigenvalue weighted by atomic mass is 9.84. The van der Waals surface area contributed by atoms with Crippen molar-refractivity contribution in [2.45, 2.75) is 42.9 Å². The van der Waals surface area contributed by atoms with Crippen LogP contribution in [0.25, 0.3) is 12.2 Å². The normalized spacial score (nSPS) is 24.5. The number of aliphatic hydroxyl groups is 2. The first-order valence-electron chi connectivity index (χ1n) is 20.9. The Morgan fingerprint density at radius 3 is 1.55 bits per heavy atom. The monoisotopic (exact) mass is 932 g/mol. The van der Waals surface area contributed by atoms with Gasteiger partial charge in [0.2, 0.25) is 17.8 Å². The third-order valence-electron chi connectivity index (χ3n) is 11.7. The number of ether oxygens (including phenoxy) is 12. The number of methoxy groups -OCH3 is 6. The molecule has 19 nitrogen and oxygen atoms in total. The molecule has 0 saturated carbocycles. The molecule has 0 spiro atoms. The lowest BCUT2D eigenvalue weighted by Crippen LogP contribution is -2.61. The van der Waals surface area contributed by atoms with E-state index in [1.807, 2.05) is 0 Å². The molecule has 0 bridgehead atoms. The van der Waals surface area contributed by atoms with Gasteiger partial charge in [0.05, 0.1) is 68.1 Å². The predicted molar refractivity (Wildman–Crippen MR) is 235 cm³/mol. The van der Waals surface area contributed by atoms with Gasteiger partial charge in [0, 0.05) is 24.0 Å². The fourth-order valence-corrected chi connectivity index (χ4v) is 8.20. The zero-order valence-corrected chi connectivity index (χ0v) is 37.4. The quantitative estimate of drug-likeness (QED) is 0.0715. The van der Waals surface area contributed by atoms with Crippen LogP contribution in [0.2, 0.25) is 0 Å². The molecule has 3 fully saturated rings. The number of esters is 2. The summed E-state index contributed by atoms with van der Waals surface area (Å²) >= 11 is 0. The second-order valence-electron chi connectivity index (χ2n) is 15.6. The lowest BCUT2D eigenvalue weighted by molar-refractivity contribution is -0.281. The van der Waals surface area contributed by atoms with Gasteiger partial charge in [-0.1, -0.05) is 12.1 Å². The van der Waals surface area contributed by atoms with E-state index in [0.29, 0.717) is 29.9 Å².